The van der Waals surface area contributed by atoms with Gasteiger partial charge in [0.05, 0.1) is 0 Å². The highest BCUT2D eigenvalue weighted by molar-refractivity contribution is 5.71. The van der Waals surface area contributed by atoms with Crippen LogP contribution in [0.1, 0.15) is 258 Å². The van der Waals surface area contributed by atoms with E-state index in [2.05, 4.69) is 154 Å². The van der Waals surface area contributed by atoms with Crippen molar-refractivity contribution in [3.63, 3.8) is 0 Å². The van der Waals surface area contributed by atoms with Crippen LogP contribution in [0.25, 0.3) is 0 Å². The van der Waals surface area contributed by atoms with Crippen LogP contribution in [0.3, 0.4) is 0 Å². The largest absolute Gasteiger partial charge is 0.462 e. The Balaban J connectivity index is 4.46. The second-order valence-electron chi connectivity index (χ2n) is 19.5. The van der Waals surface area contributed by atoms with Crippen molar-refractivity contribution in [3.8, 4) is 0 Å². The minimum atomic E-state index is -0.808. The molecule has 6 nitrogen and oxygen atoms in total. The molecule has 0 aliphatic carbocycles. The molecule has 0 bridgehead atoms. The molecule has 0 amide bonds. The first kappa shape index (κ1) is 69.5. The SMILES string of the molecule is CC/C=C\C/C=C\C/C=C\C/C=C\C/C=C\C/C=C\C/C=C\CCCCCC(=O)OCC(COC(=O)CCCCCCC/C=C\C/C=C\CCC)OC(=O)CCCCCCCCC/C=C\C/C=C\CCCCCC. The smallest absolute Gasteiger partial charge is 0.306 e. The molecule has 0 radical (unpaired) electrons. The molecule has 0 aromatic heterocycles. The van der Waals surface area contributed by atoms with Crippen LogP contribution in [-0.2, 0) is 28.6 Å². The van der Waals surface area contributed by atoms with Crippen molar-refractivity contribution in [2.24, 2.45) is 0 Å². The van der Waals surface area contributed by atoms with Crippen molar-refractivity contribution in [1.29, 1.82) is 0 Å². The third-order valence-corrected chi connectivity index (χ3v) is 12.3. The van der Waals surface area contributed by atoms with Crippen LogP contribution in [0.2, 0.25) is 0 Å². The lowest BCUT2D eigenvalue weighted by Gasteiger charge is -2.18. The van der Waals surface area contributed by atoms with E-state index in [1.54, 1.807) is 0 Å². The third kappa shape index (κ3) is 58.4. The number of rotatable bonds is 53. The summed E-state index contributed by atoms with van der Waals surface area (Å²) >= 11 is 0. The van der Waals surface area contributed by atoms with Crippen LogP contribution < -0.4 is 0 Å². The number of hydrogen-bond acceptors (Lipinski definition) is 6. The molecule has 1 unspecified atom stereocenters. The second-order valence-corrected chi connectivity index (χ2v) is 19.5. The van der Waals surface area contributed by atoms with Gasteiger partial charge in [0.2, 0.25) is 0 Å². The molecule has 0 saturated heterocycles. The zero-order chi connectivity index (χ0) is 53.6. The normalized spacial score (nSPS) is 13.1. The van der Waals surface area contributed by atoms with Crippen molar-refractivity contribution >= 4 is 17.9 Å². The Labute approximate surface area is 455 Å². The van der Waals surface area contributed by atoms with E-state index in [0.29, 0.717) is 19.3 Å². The van der Waals surface area contributed by atoms with Gasteiger partial charge in [0.25, 0.3) is 0 Å². The topological polar surface area (TPSA) is 78.9 Å². The summed E-state index contributed by atoms with van der Waals surface area (Å²) in [6, 6.07) is 0. The van der Waals surface area contributed by atoms with Gasteiger partial charge in [-0.2, -0.15) is 0 Å². The summed E-state index contributed by atoms with van der Waals surface area (Å²) in [7, 11) is 0. The summed E-state index contributed by atoms with van der Waals surface area (Å²) in [6.45, 7) is 6.40. The lowest BCUT2D eigenvalue weighted by molar-refractivity contribution is -0.167. The van der Waals surface area contributed by atoms with E-state index < -0.39 is 6.10 Å². The monoisotopic (exact) mass is 1020 g/mol. The molecule has 0 spiro atoms. The molecule has 0 aromatic rings. The number of carbonyl (C=O) groups is 3. The van der Waals surface area contributed by atoms with E-state index >= 15 is 0 Å². The fraction of sp³-hybridized carbons (Fsp3) is 0.632. The Bertz CT molecular complexity index is 1600. The minimum absolute atomic E-state index is 0.103. The van der Waals surface area contributed by atoms with Gasteiger partial charge in [0.15, 0.2) is 6.10 Å². The van der Waals surface area contributed by atoms with Gasteiger partial charge < -0.3 is 14.2 Å². The van der Waals surface area contributed by atoms with Crippen LogP contribution >= 0.6 is 0 Å². The predicted octanol–water partition coefficient (Wildman–Crippen LogP) is 20.6. The number of esters is 3. The highest BCUT2D eigenvalue weighted by Crippen LogP contribution is 2.14. The third-order valence-electron chi connectivity index (χ3n) is 12.3. The van der Waals surface area contributed by atoms with Crippen LogP contribution in [-0.4, -0.2) is 37.2 Å². The summed E-state index contributed by atoms with van der Waals surface area (Å²) in [5, 5.41) is 0. The molecule has 1 atom stereocenters. The quantitative estimate of drug-likeness (QED) is 0.0261. The summed E-state index contributed by atoms with van der Waals surface area (Å²) in [4.78, 5) is 38.2. The number of allylic oxidation sites excluding steroid dienone is 22. The zero-order valence-electron chi connectivity index (χ0n) is 47.8. The fourth-order valence-corrected chi connectivity index (χ4v) is 7.84. The Kier molecular flexibility index (Phi) is 57.4. The van der Waals surface area contributed by atoms with Gasteiger partial charge in [-0.1, -0.05) is 238 Å². The van der Waals surface area contributed by atoms with Crippen LogP contribution in [0, 0.1) is 0 Å². The number of unbranched alkanes of at least 4 members (excludes halogenated alkanes) is 20. The summed E-state index contributed by atoms with van der Waals surface area (Å²) in [5.41, 5.74) is 0. The fourth-order valence-electron chi connectivity index (χ4n) is 7.84. The minimum Gasteiger partial charge on any atom is -0.462 e. The summed E-state index contributed by atoms with van der Waals surface area (Å²) in [6.07, 6.45) is 85.8. The Morgan fingerprint density at radius 3 is 0.892 bits per heavy atom. The van der Waals surface area contributed by atoms with E-state index in [0.717, 1.165) is 154 Å². The van der Waals surface area contributed by atoms with Gasteiger partial charge in [-0.05, 0) is 135 Å². The van der Waals surface area contributed by atoms with E-state index in [1.807, 2.05) is 0 Å². The van der Waals surface area contributed by atoms with Crippen molar-refractivity contribution < 1.29 is 28.6 Å². The van der Waals surface area contributed by atoms with Gasteiger partial charge in [-0.15, -0.1) is 0 Å². The number of hydrogen-bond donors (Lipinski definition) is 0. The van der Waals surface area contributed by atoms with Gasteiger partial charge in [-0.3, -0.25) is 14.4 Å². The molecular weight excluding hydrogens is 913 g/mol. The number of carbonyl (C=O) groups excluding carboxylic acids is 3. The Morgan fingerprint density at radius 2 is 0.554 bits per heavy atom. The highest BCUT2D eigenvalue weighted by atomic mass is 16.6. The lowest BCUT2D eigenvalue weighted by atomic mass is 10.1. The second kappa shape index (κ2) is 61.1. The molecule has 0 saturated carbocycles. The molecule has 0 aliphatic rings. The molecule has 6 heteroatoms. The molecule has 0 heterocycles. The van der Waals surface area contributed by atoms with Crippen LogP contribution in [0.15, 0.2) is 134 Å². The molecule has 0 rings (SSSR count). The maximum Gasteiger partial charge on any atom is 0.306 e. The maximum atomic E-state index is 12.9. The van der Waals surface area contributed by atoms with Crippen molar-refractivity contribution in [2.45, 2.75) is 264 Å². The maximum absolute atomic E-state index is 12.9. The van der Waals surface area contributed by atoms with Crippen molar-refractivity contribution in [3.05, 3.63) is 134 Å². The Morgan fingerprint density at radius 1 is 0.284 bits per heavy atom. The van der Waals surface area contributed by atoms with E-state index in [-0.39, 0.29) is 31.1 Å². The highest BCUT2D eigenvalue weighted by Gasteiger charge is 2.19. The summed E-state index contributed by atoms with van der Waals surface area (Å²) < 4.78 is 16.8. The first-order chi connectivity index (χ1) is 36.5. The van der Waals surface area contributed by atoms with Crippen molar-refractivity contribution in [1.82, 2.24) is 0 Å². The molecular formula is C68H110O6. The first-order valence-corrected chi connectivity index (χ1v) is 30.2. The van der Waals surface area contributed by atoms with Gasteiger partial charge in [0.1, 0.15) is 13.2 Å². The average molecular weight is 1020 g/mol. The van der Waals surface area contributed by atoms with E-state index in [4.69, 9.17) is 14.2 Å². The lowest BCUT2D eigenvalue weighted by Crippen LogP contribution is -2.30. The summed E-state index contributed by atoms with van der Waals surface area (Å²) in [5.74, 6) is -0.960. The zero-order valence-corrected chi connectivity index (χ0v) is 47.8. The molecule has 74 heavy (non-hydrogen) atoms. The standard InChI is InChI=1S/C68H110O6/c1-4-7-10-13-16-19-22-25-27-29-31-32-33-34-35-36-37-39-40-43-46-49-52-55-58-61-67(70)73-64-65(63-72-66(69)60-57-54-51-48-45-42-24-21-18-15-12-9-6-3)74-68(71)62-59-56-53-50-47-44-41-38-30-28-26-23-20-17-14-11-8-5-2/h7,10,12,15-16,19-21,23-25,27-28,30-32,34-35,37,39,43,46,65H,4-6,8-9,11,13-14,17-18,22,26,29,33,36,38,40-42,44-45,47-64H2,1-3H3/b10-7-,15-12-,19-16-,23-20-,24-21-,27-25-,30-28-,32-31-,35-34-,39-37-,46-43-. The number of ether oxygens (including phenoxy) is 3. The van der Waals surface area contributed by atoms with E-state index in [9.17, 15) is 14.4 Å². The van der Waals surface area contributed by atoms with Crippen molar-refractivity contribution in [2.75, 3.05) is 13.2 Å². The Hall–Kier alpha value is -4.45. The predicted molar refractivity (Wildman–Crippen MR) is 320 cm³/mol. The van der Waals surface area contributed by atoms with Gasteiger partial charge in [0, 0.05) is 19.3 Å². The molecule has 0 fully saturated rings. The molecule has 0 aliphatic heterocycles. The van der Waals surface area contributed by atoms with Gasteiger partial charge in [-0.25, -0.2) is 0 Å². The molecule has 418 valence electrons. The first-order valence-electron chi connectivity index (χ1n) is 30.2. The average Bonchev–Trinajstić information content (AvgIpc) is 3.40. The van der Waals surface area contributed by atoms with Crippen LogP contribution in [0.4, 0.5) is 0 Å². The molecule has 0 aromatic carbocycles. The molecule has 0 N–H and O–H groups in total. The van der Waals surface area contributed by atoms with Gasteiger partial charge >= 0.3 is 17.9 Å². The van der Waals surface area contributed by atoms with Crippen LogP contribution in [0.5, 0.6) is 0 Å². The van der Waals surface area contributed by atoms with E-state index in [1.165, 1.54) is 64.2 Å².